The van der Waals surface area contributed by atoms with Crippen LogP contribution in [0.2, 0.25) is 0 Å². The smallest absolute Gasteiger partial charge is 0.228 e. The Hall–Kier alpha value is -3.53. The maximum Gasteiger partial charge on any atom is 0.228 e. The summed E-state index contributed by atoms with van der Waals surface area (Å²) in [5.41, 5.74) is 4.14. The molecule has 1 unspecified atom stereocenters. The molecule has 4 aromatic rings. The number of carbonyl (C=O) groups is 1. The number of aromatic hydroxyl groups is 1. The van der Waals surface area contributed by atoms with Crippen molar-refractivity contribution in [2.24, 2.45) is 0 Å². The average Bonchev–Trinajstić information content (AvgIpc) is 3.22. The molecule has 1 heterocycles. The first-order valence-corrected chi connectivity index (χ1v) is 9.36. The Labute approximate surface area is 163 Å². The van der Waals surface area contributed by atoms with Gasteiger partial charge in [0.25, 0.3) is 0 Å². The predicted molar refractivity (Wildman–Crippen MR) is 111 cm³/mol. The molecular formula is C24H22N2O2. The first-order chi connectivity index (χ1) is 13.7. The van der Waals surface area contributed by atoms with Gasteiger partial charge in [0.1, 0.15) is 5.75 Å². The Morgan fingerprint density at radius 2 is 1.71 bits per heavy atom. The second kappa shape index (κ2) is 8.01. The number of rotatable bonds is 6. The van der Waals surface area contributed by atoms with Gasteiger partial charge in [-0.2, -0.15) is 0 Å². The van der Waals surface area contributed by atoms with Gasteiger partial charge in [-0.05, 0) is 47.4 Å². The molecule has 0 saturated carbocycles. The zero-order valence-electron chi connectivity index (χ0n) is 15.4. The number of nitrogens with one attached hydrogen (secondary N) is 2. The molecular weight excluding hydrogens is 348 g/mol. The van der Waals surface area contributed by atoms with E-state index in [1.807, 2.05) is 72.9 Å². The molecule has 4 nitrogen and oxygen atoms in total. The van der Waals surface area contributed by atoms with Crippen LogP contribution in [-0.4, -0.2) is 16.0 Å². The number of fused-ring (bicyclic) bond motifs is 1. The van der Waals surface area contributed by atoms with Crippen LogP contribution in [0.25, 0.3) is 10.9 Å². The van der Waals surface area contributed by atoms with Crippen molar-refractivity contribution in [1.29, 1.82) is 0 Å². The molecule has 0 aliphatic rings. The molecule has 4 heteroatoms. The number of hydrogen-bond donors (Lipinski definition) is 3. The lowest BCUT2D eigenvalue weighted by Crippen LogP contribution is -2.30. The molecule has 3 aromatic carbocycles. The summed E-state index contributed by atoms with van der Waals surface area (Å²) in [6.45, 7) is 0.479. The van der Waals surface area contributed by atoms with E-state index in [4.69, 9.17) is 0 Å². The number of benzene rings is 3. The number of phenols is 1. The highest BCUT2D eigenvalue weighted by Crippen LogP contribution is 2.23. The van der Waals surface area contributed by atoms with Gasteiger partial charge in [-0.1, -0.05) is 54.6 Å². The van der Waals surface area contributed by atoms with Gasteiger partial charge in [0.2, 0.25) is 5.91 Å². The van der Waals surface area contributed by atoms with E-state index in [-0.39, 0.29) is 17.6 Å². The van der Waals surface area contributed by atoms with E-state index in [0.717, 1.165) is 27.6 Å². The van der Waals surface area contributed by atoms with Crippen molar-refractivity contribution in [2.75, 3.05) is 0 Å². The Morgan fingerprint density at radius 3 is 2.50 bits per heavy atom. The SMILES string of the molecule is O=C(NCc1cccc2[nH]ccc12)C(Cc1ccc(O)cc1)c1ccccc1. The Bertz CT molecular complexity index is 1070. The van der Waals surface area contributed by atoms with Crippen molar-refractivity contribution in [2.45, 2.75) is 18.9 Å². The number of amides is 1. The number of aromatic nitrogens is 1. The van der Waals surface area contributed by atoms with Crippen LogP contribution in [0.3, 0.4) is 0 Å². The summed E-state index contributed by atoms with van der Waals surface area (Å²) in [6, 6.07) is 24.9. The summed E-state index contributed by atoms with van der Waals surface area (Å²) in [6.07, 6.45) is 2.48. The largest absolute Gasteiger partial charge is 0.508 e. The molecule has 140 valence electrons. The predicted octanol–water partition coefficient (Wildman–Crippen LogP) is 4.52. The Morgan fingerprint density at radius 1 is 0.929 bits per heavy atom. The lowest BCUT2D eigenvalue weighted by Gasteiger charge is -2.18. The van der Waals surface area contributed by atoms with E-state index in [9.17, 15) is 9.90 Å². The maximum atomic E-state index is 13.1. The van der Waals surface area contributed by atoms with Crippen LogP contribution in [0.1, 0.15) is 22.6 Å². The summed E-state index contributed by atoms with van der Waals surface area (Å²) in [4.78, 5) is 16.3. The van der Waals surface area contributed by atoms with Crippen molar-refractivity contribution < 1.29 is 9.90 Å². The van der Waals surface area contributed by atoms with Crippen LogP contribution < -0.4 is 5.32 Å². The molecule has 0 aliphatic heterocycles. The Kier molecular flexibility index (Phi) is 5.11. The van der Waals surface area contributed by atoms with Crippen LogP contribution >= 0.6 is 0 Å². The fourth-order valence-electron chi connectivity index (χ4n) is 3.53. The van der Waals surface area contributed by atoms with Gasteiger partial charge in [0.05, 0.1) is 5.92 Å². The van der Waals surface area contributed by atoms with E-state index >= 15 is 0 Å². The fourth-order valence-corrected chi connectivity index (χ4v) is 3.53. The molecule has 0 aliphatic carbocycles. The molecule has 28 heavy (non-hydrogen) atoms. The number of phenolic OH excluding ortho intramolecular Hbond substituents is 1. The highest BCUT2D eigenvalue weighted by molar-refractivity contribution is 5.86. The van der Waals surface area contributed by atoms with Crippen LogP contribution in [0.4, 0.5) is 0 Å². The minimum absolute atomic E-state index is 0.00758. The summed E-state index contributed by atoms with van der Waals surface area (Å²) >= 11 is 0. The van der Waals surface area contributed by atoms with Crippen LogP contribution in [0.15, 0.2) is 85.1 Å². The van der Waals surface area contributed by atoms with Gasteiger partial charge >= 0.3 is 0 Å². The fraction of sp³-hybridized carbons (Fsp3) is 0.125. The van der Waals surface area contributed by atoms with E-state index in [1.54, 1.807) is 12.1 Å². The second-order valence-corrected chi connectivity index (χ2v) is 6.91. The molecule has 1 amide bonds. The molecule has 0 spiro atoms. The normalized spacial score (nSPS) is 12.0. The standard InChI is InChI=1S/C24H22N2O2/c27-20-11-9-17(10-12-20)15-22(18-5-2-1-3-6-18)24(28)26-16-19-7-4-8-23-21(19)13-14-25-23/h1-14,22,25,27H,15-16H2,(H,26,28). The van der Waals surface area contributed by atoms with E-state index < -0.39 is 0 Å². The maximum absolute atomic E-state index is 13.1. The zero-order valence-corrected chi connectivity index (χ0v) is 15.4. The first-order valence-electron chi connectivity index (χ1n) is 9.36. The third-order valence-electron chi connectivity index (χ3n) is 5.03. The van der Waals surface area contributed by atoms with Gasteiger partial charge in [-0.15, -0.1) is 0 Å². The highest BCUT2D eigenvalue weighted by Gasteiger charge is 2.21. The van der Waals surface area contributed by atoms with Crippen molar-refractivity contribution in [3.05, 3.63) is 102 Å². The van der Waals surface area contributed by atoms with Crippen molar-refractivity contribution >= 4 is 16.8 Å². The monoisotopic (exact) mass is 370 g/mol. The van der Waals surface area contributed by atoms with E-state index in [0.29, 0.717) is 13.0 Å². The number of carbonyl (C=O) groups excluding carboxylic acids is 1. The summed E-state index contributed by atoms with van der Waals surface area (Å²) < 4.78 is 0. The molecule has 3 N–H and O–H groups in total. The molecule has 4 rings (SSSR count). The van der Waals surface area contributed by atoms with E-state index in [2.05, 4.69) is 10.3 Å². The second-order valence-electron chi connectivity index (χ2n) is 6.91. The van der Waals surface area contributed by atoms with Crippen LogP contribution in [0.5, 0.6) is 5.75 Å². The number of aromatic amines is 1. The van der Waals surface area contributed by atoms with Gasteiger partial charge < -0.3 is 15.4 Å². The summed E-state index contributed by atoms with van der Waals surface area (Å²) in [7, 11) is 0. The molecule has 1 atom stereocenters. The molecule has 0 bridgehead atoms. The average molecular weight is 370 g/mol. The minimum Gasteiger partial charge on any atom is -0.508 e. The van der Waals surface area contributed by atoms with Crippen molar-refractivity contribution in [3.8, 4) is 5.75 Å². The third-order valence-corrected chi connectivity index (χ3v) is 5.03. The first kappa shape index (κ1) is 17.9. The molecule has 0 fully saturated rings. The topological polar surface area (TPSA) is 65.1 Å². The van der Waals surface area contributed by atoms with Gasteiger partial charge in [-0.25, -0.2) is 0 Å². The number of hydrogen-bond acceptors (Lipinski definition) is 2. The van der Waals surface area contributed by atoms with Crippen LogP contribution in [0, 0.1) is 0 Å². The Balaban J connectivity index is 1.54. The minimum atomic E-state index is -0.295. The third kappa shape index (κ3) is 3.91. The lowest BCUT2D eigenvalue weighted by atomic mass is 9.91. The van der Waals surface area contributed by atoms with Crippen LogP contribution in [-0.2, 0) is 17.8 Å². The lowest BCUT2D eigenvalue weighted by molar-refractivity contribution is -0.122. The quantitative estimate of drug-likeness (QED) is 0.467. The van der Waals surface area contributed by atoms with Gasteiger partial charge in [0.15, 0.2) is 0 Å². The molecule has 1 aromatic heterocycles. The van der Waals surface area contributed by atoms with Gasteiger partial charge in [-0.3, -0.25) is 4.79 Å². The molecule has 0 radical (unpaired) electrons. The highest BCUT2D eigenvalue weighted by atomic mass is 16.3. The summed E-state index contributed by atoms with van der Waals surface area (Å²) in [5, 5.41) is 13.7. The molecule has 0 saturated heterocycles. The zero-order chi connectivity index (χ0) is 19.3. The van der Waals surface area contributed by atoms with Gasteiger partial charge in [0, 0.05) is 23.6 Å². The van der Waals surface area contributed by atoms with Crippen molar-refractivity contribution in [1.82, 2.24) is 10.3 Å². The number of H-pyrrole nitrogens is 1. The van der Waals surface area contributed by atoms with Crippen molar-refractivity contribution in [3.63, 3.8) is 0 Å². The summed E-state index contributed by atoms with van der Waals surface area (Å²) in [5.74, 6) is -0.0768. The van der Waals surface area contributed by atoms with E-state index in [1.165, 1.54) is 0 Å².